The van der Waals surface area contributed by atoms with Crippen LogP contribution in [0.25, 0.3) is 11.3 Å². The summed E-state index contributed by atoms with van der Waals surface area (Å²) in [5, 5.41) is 0. The van der Waals surface area contributed by atoms with Crippen molar-refractivity contribution in [1.29, 1.82) is 0 Å². The van der Waals surface area contributed by atoms with Gasteiger partial charge in [-0.2, -0.15) is 0 Å². The van der Waals surface area contributed by atoms with E-state index < -0.39 is 0 Å². The van der Waals surface area contributed by atoms with Crippen LogP contribution < -0.4 is 0 Å². The first-order valence-corrected chi connectivity index (χ1v) is 6.31. The summed E-state index contributed by atoms with van der Waals surface area (Å²) in [7, 11) is 1.40. The molecule has 1 unspecified atom stereocenters. The molecule has 4 nitrogen and oxygen atoms in total. The lowest BCUT2D eigenvalue weighted by atomic mass is 9.95. The van der Waals surface area contributed by atoms with Crippen LogP contribution in [0, 0.1) is 5.92 Å². The van der Waals surface area contributed by atoms with Gasteiger partial charge in [-0.15, -0.1) is 0 Å². The molecule has 1 N–H and O–H groups in total. The molecule has 0 saturated heterocycles. The number of carbonyl (C=O) groups is 1. The summed E-state index contributed by atoms with van der Waals surface area (Å²) in [6.07, 6.45) is 1.75. The summed E-state index contributed by atoms with van der Waals surface area (Å²) < 4.78 is 4.84. The number of aromatic amines is 1. The average Bonchev–Trinajstić information content (AvgIpc) is 2.88. The Balaban J connectivity index is 2.32. The molecule has 1 heterocycles. The normalized spacial score (nSPS) is 12.4. The Bertz CT molecular complexity index is 546. The number of rotatable bonds is 4. The highest BCUT2D eigenvalue weighted by molar-refractivity contribution is 5.77. The molecule has 2 aromatic rings. The first kappa shape index (κ1) is 13.3. The maximum atomic E-state index is 11.8. The minimum absolute atomic E-state index is 0.127. The highest BCUT2D eigenvalue weighted by Gasteiger charge is 2.27. The zero-order valence-corrected chi connectivity index (χ0v) is 11.4. The summed E-state index contributed by atoms with van der Waals surface area (Å²) in [6.45, 7) is 3.96. The van der Waals surface area contributed by atoms with E-state index in [4.69, 9.17) is 4.74 Å². The second-order valence-corrected chi connectivity index (χ2v) is 4.79. The topological polar surface area (TPSA) is 55.0 Å². The van der Waals surface area contributed by atoms with Crippen LogP contribution in [-0.4, -0.2) is 23.0 Å². The quantitative estimate of drug-likeness (QED) is 0.858. The SMILES string of the molecule is COC(=O)C(c1ncc(-c2ccccc2)[nH]1)C(C)C. The maximum absolute atomic E-state index is 11.8. The molecule has 2 rings (SSSR count). The fraction of sp³-hybridized carbons (Fsp3) is 0.333. The van der Waals surface area contributed by atoms with Crippen LogP contribution in [0.15, 0.2) is 36.5 Å². The van der Waals surface area contributed by atoms with Gasteiger partial charge < -0.3 is 9.72 Å². The van der Waals surface area contributed by atoms with Crippen molar-refractivity contribution in [2.75, 3.05) is 7.11 Å². The van der Waals surface area contributed by atoms with Crippen LogP contribution in [-0.2, 0) is 9.53 Å². The largest absolute Gasteiger partial charge is 0.468 e. The number of ether oxygens (including phenoxy) is 1. The first-order valence-electron chi connectivity index (χ1n) is 6.31. The molecule has 0 bridgehead atoms. The lowest BCUT2D eigenvalue weighted by Crippen LogP contribution is -2.20. The van der Waals surface area contributed by atoms with E-state index in [0.717, 1.165) is 11.3 Å². The van der Waals surface area contributed by atoms with Gasteiger partial charge in [0, 0.05) is 0 Å². The Kier molecular flexibility index (Phi) is 4.00. The molecular formula is C15H18N2O2. The number of benzene rings is 1. The average molecular weight is 258 g/mol. The number of carbonyl (C=O) groups excluding carboxylic acids is 1. The van der Waals surface area contributed by atoms with E-state index in [1.165, 1.54) is 7.11 Å². The summed E-state index contributed by atoms with van der Waals surface area (Å²) in [6, 6.07) is 9.90. The number of methoxy groups -OCH3 is 1. The highest BCUT2D eigenvalue weighted by Crippen LogP contribution is 2.26. The smallest absolute Gasteiger partial charge is 0.316 e. The van der Waals surface area contributed by atoms with Gasteiger partial charge >= 0.3 is 5.97 Å². The molecule has 19 heavy (non-hydrogen) atoms. The van der Waals surface area contributed by atoms with Crippen LogP contribution in [0.1, 0.15) is 25.6 Å². The zero-order chi connectivity index (χ0) is 13.8. The summed E-state index contributed by atoms with van der Waals surface area (Å²) in [5.74, 6) is 0.161. The number of aromatic nitrogens is 2. The fourth-order valence-electron chi connectivity index (χ4n) is 2.09. The number of esters is 1. The van der Waals surface area contributed by atoms with Gasteiger partial charge in [-0.25, -0.2) is 4.98 Å². The van der Waals surface area contributed by atoms with Gasteiger partial charge in [-0.3, -0.25) is 4.79 Å². The Hall–Kier alpha value is -2.10. The number of imidazole rings is 1. The van der Waals surface area contributed by atoms with Crippen molar-refractivity contribution in [3.05, 3.63) is 42.4 Å². The van der Waals surface area contributed by atoms with E-state index in [9.17, 15) is 4.79 Å². The Labute approximate surface area is 112 Å². The van der Waals surface area contributed by atoms with Gasteiger partial charge in [0.2, 0.25) is 0 Å². The molecule has 100 valence electrons. The van der Waals surface area contributed by atoms with Crippen LogP contribution in [0.3, 0.4) is 0 Å². The minimum Gasteiger partial charge on any atom is -0.468 e. The second-order valence-electron chi connectivity index (χ2n) is 4.79. The molecule has 0 fully saturated rings. The van der Waals surface area contributed by atoms with E-state index in [1.54, 1.807) is 6.20 Å². The van der Waals surface area contributed by atoms with Crippen LogP contribution >= 0.6 is 0 Å². The Morgan fingerprint density at radius 3 is 2.53 bits per heavy atom. The first-order chi connectivity index (χ1) is 9.13. The van der Waals surface area contributed by atoms with Gasteiger partial charge in [-0.1, -0.05) is 44.2 Å². The van der Waals surface area contributed by atoms with Crippen molar-refractivity contribution in [2.24, 2.45) is 5.92 Å². The summed E-state index contributed by atoms with van der Waals surface area (Å²) >= 11 is 0. The number of H-pyrrole nitrogens is 1. The standard InChI is InChI=1S/C15H18N2O2/c1-10(2)13(15(18)19-3)14-16-9-12(17-14)11-7-5-4-6-8-11/h4-10,13H,1-3H3,(H,16,17). The van der Waals surface area contributed by atoms with Crippen molar-refractivity contribution in [2.45, 2.75) is 19.8 Å². The second kappa shape index (κ2) is 5.69. The lowest BCUT2D eigenvalue weighted by Gasteiger charge is -2.15. The van der Waals surface area contributed by atoms with Gasteiger partial charge in [-0.05, 0) is 11.5 Å². The van der Waals surface area contributed by atoms with E-state index in [1.807, 2.05) is 44.2 Å². The summed E-state index contributed by atoms with van der Waals surface area (Å²) in [4.78, 5) is 19.4. The fourth-order valence-corrected chi connectivity index (χ4v) is 2.09. The molecule has 0 aliphatic heterocycles. The molecule has 0 saturated carbocycles. The molecule has 0 radical (unpaired) electrons. The maximum Gasteiger partial charge on any atom is 0.316 e. The predicted octanol–water partition coefficient (Wildman–Crippen LogP) is 2.99. The van der Waals surface area contributed by atoms with Crippen molar-refractivity contribution < 1.29 is 9.53 Å². The van der Waals surface area contributed by atoms with E-state index in [0.29, 0.717) is 5.82 Å². The van der Waals surface area contributed by atoms with Crippen molar-refractivity contribution in [3.63, 3.8) is 0 Å². The lowest BCUT2D eigenvalue weighted by molar-refractivity contribution is -0.143. The monoisotopic (exact) mass is 258 g/mol. The van der Waals surface area contributed by atoms with Gasteiger partial charge in [0.05, 0.1) is 19.0 Å². The molecule has 0 aliphatic carbocycles. The minimum atomic E-state index is -0.359. The molecule has 1 aromatic heterocycles. The third-order valence-electron chi connectivity index (χ3n) is 3.10. The molecule has 1 aromatic carbocycles. The van der Waals surface area contributed by atoms with Crippen LogP contribution in [0.5, 0.6) is 0 Å². The molecule has 0 amide bonds. The van der Waals surface area contributed by atoms with Crippen molar-refractivity contribution in [3.8, 4) is 11.3 Å². The molecule has 1 atom stereocenters. The van der Waals surface area contributed by atoms with E-state index >= 15 is 0 Å². The number of hydrogen-bond acceptors (Lipinski definition) is 3. The molecule has 4 heteroatoms. The zero-order valence-electron chi connectivity index (χ0n) is 11.4. The van der Waals surface area contributed by atoms with E-state index in [-0.39, 0.29) is 17.8 Å². The number of hydrogen-bond donors (Lipinski definition) is 1. The van der Waals surface area contributed by atoms with Crippen molar-refractivity contribution in [1.82, 2.24) is 9.97 Å². The third-order valence-corrected chi connectivity index (χ3v) is 3.10. The van der Waals surface area contributed by atoms with Gasteiger partial charge in [0.1, 0.15) is 11.7 Å². The van der Waals surface area contributed by atoms with Crippen LogP contribution in [0.2, 0.25) is 0 Å². The van der Waals surface area contributed by atoms with E-state index in [2.05, 4.69) is 9.97 Å². The molecule has 0 aliphatic rings. The third kappa shape index (κ3) is 2.84. The Morgan fingerprint density at radius 2 is 1.95 bits per heavy atom. The number of nitrogens with one attached hydrogen (secondary N) is 1. The van der Waals surface area contributed by atoms with Crippen LogP contribution in [0.4, 0.5) is 0 Å². The van der Waals surface area contributed by atoms with Gasteiger partial charge in [0.25, 0.3) is 0 Å². The summed E-state index contributed by atoms with van der Waals surface area (Å²) in [5.41, 5.74) is 1.96. The number of nitrogens with zero attached hydrogens (tertiary/aromatic N) is 1. The van der Waals surface area contributed by atoms with Gasteiger partial charge in [0.15, 0.2) is 0 Å². The predicted molar refractivity (Wildman–Crippen MR) is 73.6 cm³/mol. The molecular weight excluding hydrogens is 240 g/mol. The Morgan fingerprint density at radius 1 is 1.26 bits per heavy atom. The highest BCUT2D eigenvalue weighted by atomic mass is 16.5. The molecule has 0 spiro atoms. The van der Waals surface area contributed by atoms with Crippen molar-refractivity contribution >= 4 is 5.97 Å².